The maximum Gasteiger partial charge on any atom is 0.246 e. The first-order chi connectivity index (χ1) is 14.8. The van der Waals surface area contributed by atoms with E-state index in [4.69, 9.17) is 4.74 Å². The second kappa shape index (κ2) is 8.59. The fourth-order valence-corrected chi connectivity index (χ4v) is 6.44. The molecule has 0 aromatic heterocycles. The Morgan fingerprint density at radius 3 is 2.48 bits per heavy atom. The Balaban J connectivity index is 1.52. The fourth-order valence-electron chi connectivity index (χ4n) is 4.60. The normalized spacial score (nSPS) is 23.7. The number of anilines is 1. The summed E-state index contributed by atoms with van der Waals surface area (Å²) in [7, 11) is -4.02. The highest BCUT2D eigenvalue weighted by molar-refractivity contribution is 7.89. The lowest BCUT2D eigenvalue weighted by atomic mass is 9.73. The smallest absolute Gasteiger partial charge is 0.246 e. The highest BCUT2D eigenvalue weighted by Gasteiger charge is 2.49. The van der Waals surface area contributed by atoms with Crippen LogP contribution < -0.4 is 10.1 Å². The molecular formula is C23H27FN2O4S. The molecule has 1 amide bonds. The molecule has 5 rings (SSSR count). The predicted octanol–water partition coefficient (Wildman–Crippen LogP) is 4.04. The second-order valence-corrected chi connectivity index (χ2v) is 10.4. The van der Waals surface area contributed by atoms with Crippen LogP contribution in [0.15, 0.2) is 53.4 Å². The van der Waals surface area contributed by atoms with Gasteiger partial charge in [-0.05, 0) is 75.4 Å². The number of sulfonamides is 1. The Bertz CT molecular complexity index is 1060. The van der Waals surface area contributed by atoms with Crippen molar-refractivity contribution in [2.24, 2.45) is 11.8 Å². The van der Waals surface area contributed by atoms with E-state index in [9.17, 15) is 17.6 Å². The van der Waals surface area contributed by atoms with Gasteiger partial charge < -0.3 is 10.1 Å². The minimum atomic E-state index is -4.02. The van der Waals surface area contributed by atoms with Gasteiger partial charge in [0.15, 0.2) is 0 Å². The van der Waals surface area contributed by atoms with E-state index in [1.807, 2.05) is 13.8 Å². The van der Waals surface area contributed by atoms with Crippen molar-refractivity contribution in [1.29, 1.82) is 0 Å². The van der Waals surface area contributed by atoms with Gasteiger partial charge in [0.1, 0.15) is 16.5 Å². The van der Waals surface area contributed by atoms with Crippen LogP contribution in [0.2, 0.25) is 0 Å². The first kappa shape index (κ1) is 21.8. The SMILES string of the molecule is CC(C)Oc1ccc(NC(=O)[C@@H]2C[C@@H]3CC[C@H]2N(S(=O)(=O)c2ccccc2F)C3)cc1. The average Bonchev–Trinajstić information content (AvgIpc) is 2.75. The van der Waals surface area contributed by atoms with E-state index in [1.54, 1.807) is 24.3 Å². The average molecular weight is 447 g/mol. The Morgan fingerprint density at radius 2 is 1.84 bits per heavy atom. The van der Waals surface area contributed by atoms with Crippen molar-refractivity contribution in [2.75, 3.05) is 11.9 Å². The van der Waals surface area contributed by atoms with Crippen molar-refractivity contribution < 1.29 is 22.3 Å². The highest BCUT2D eigenvalue weighted by Crippen LogP contribution is 2.42. The number of carbonyl (C=O) groups excluding carboxylic acids is 1. The lowest BCUT2D eigenvalue weighted by molar-refractivity contribution is -0.125. The summed E-state index contributed by atoms with van der Waals surface area (Å²) in [5.74, 6) is -0.647. The number of fused-ring (bicyclic) bond motifs is 3. The number of carbonyl (C=O) groups is 1. The van der Waals surface area contributed by atoms with Crippen molar-refractivity contribution in [1.82, 2.24) is 4.31 Å². The molecular weight excluding hydrogens is 419 g/mol. The van der Waals surface area contributed by atoms with Crippen LogP contribution in [-0.4, -0.2) is 37.3 Å². The number of piperidine rings is 2. The third-order valence-corrected chi connectivity index (χ3v) is 7.91. The molecule has 166 valence electrons. The number of hydrogen-bond acceptors (Lipinski definition) is 4. The third kappa shape index (κ3) is 4.45. The van der Waals surface area contributed by atoms with E-state index in [1.165, 1.54) is 22.5 Å². The van der Waals surface area contributed by atoms with E-state index in [-0.39, 0.29) is 22.8 Å². The molecule has 2 aromatic rings. The number of ether oxygens (including phenoxy) is 1. The number of nitrogens with zero attached hydrogens (tertiary/aromatic N) is 1. The molecule has 1 N–H and O–H groups in total. The van der Waals surface area contributed by atoms with Gasteiger partial charge in [0.25, 0.3) is 0 Å². The van der Waals surface area contributed by atoms with Gasteiger partial charge in [0.2, 0.25) is 15.9 Å². The minimum Gasteiger partial charge on any atom is -0.491 e. The zero-order valence-corrected chi connectivity index (χ0v) is 18.4. The zero-order chi connectivity index (χ0) is 22.2. The predicted molar refractivity (Wildman–Crippen MR) is 116 cm³/mol. The number of amides is 1. The van der Waals surface area contributed by atoms with Gasteiger partial charge in [0, 0.05) is 18.3 Å². The molecule has 3 fully saturated rings. The Morgan fingerprint density at radius 1 is 1.13 bits per heavy atom. The molecule has 8 heteroatoms. The van der Waals surface area contributed by atoms with Crippen LogP contribution in [0.1, 0.15) is 33.1 Å². The summed E-state index contributed by atoms with van der Waals surface area (Å²) in [5.41, 5.74) is 0.631. The Hall–Kier alpha value is -2.45. The number of nitrogens with one attached hydrogen (secondary N) is 1. The van der Waals surface area contributed by atoms with Crippen LogP contribution in [0.25, 0.3) is 0 Å². The lowest BCUT2D eigenvalue weighted by Crippen LogP contribution is -2.57. The van der Waals surface area contributed by atoms with E-state index < -0.39 is 27.8 Å². The van der Waals surface area contributed by atoms with Crippen LogP contribution in [-0.2, 0) is 14.8 Å². The molecule has 1 aliphatic carbocycles. The second-order valence-electron chi connectivity index (χ2n) is 8.54. The Kier molecular flexibility index (Phi) is 6.03. The lowest BCUT2D eigenvalue weighted by Gasteiger charge is -2.48. The fraction of sp³-hybridized carbons (Fsp3) is 0.435. The van der Waals surface area contributed by atoms with Crippen LogP contribution in [0.5, 0.6) is 5.75 Å². The van der Waals surface area contributed by atoms with E-state index in [2.05, 4.69) is 5.32 Å². The molecule has 2 heterocycles. The number of hydrogen-bond donors (Lipinski definition) is 1. The van der Waals surface area contributed by atoms with Gasteiger partial charge in [-0.25, -0.2) is 12.8 Å². The molecule has 0 unspecified atom stereocenters. The quantitative estimate of drug-likeness (QED) is 0.727. The minimum absolute atomic E-state index is 0.0561. The summed E-state index contributed by atoms with van der Waals surface area (Å²) >= 11 is 0. The maximum absolute atomic E-state index is 14.2. The van der Waals surface area contributed by atoms with Crippen molar-refractivity contribution in [3.05, 3.63) is 54.3 Å². The summed E-state index contributed by atoms with van der Waals surface area (Å²) < 4.78 is 47.6. The van der Waals surface area contributed by atoms with Crippen LogP contribution in [0, 0.1) is 17.7 Å². The molecule has 2 saturated heterocycles. The highest BCUT2D eigenvalue weighted by atomic mass is 32.2. The van der Waals surface area contributed by atoms with Gasteiger partial charge in [-0.15, -0.1) is 0 Å². The molecule has 0 radical (unpaired) electrons. The van der Waals surface area contributed by atoms with Gasteiger partial charge in [0.05, 0.1) is 12.0 Å². The molecule has 0 spiro atoms. The molecule has 31 heavy (non-hydrogen) atoms. The molecule has 6 nitrogen and oxygen atoms in total. The topological polar surface area (TPSA) is 75.7 Å². The summed E-state index contributed by atoms with van der Waals surface area (Å²) in [4.78, 5) is 12.7. The largest absolute Gasteiger partial charge is 0.491 e. The molecule has 3 atom stereocenters. The monoisotopic (exact) mass is 446 g/mol. The first-order valence-electron chi connectivity index (χ1n) is 10.6. The van der Waals surface area contributed by atoms with Crippen LogP contribution >= 0.6 is 0 Å². The van der Waals surface area contributed by atoms with Gasteiger partial charge >= 0.3 is 0 Å². The van der Waals surface area contributed by atoms with Crippen LogP contribution in [0.4, 0.5) is 10.1 Å². The molecule has 1 saturated carbocycles. The van der Waals surface area contributed by atoms with Crippen molar-refractivity contribution >= 4 is 21.6 Å². The summed E-state index contributed by atoms with van der Waals surface area (Å²) in [5, 5.41) is 2.91. The van der Waals surface area contributed by atoms with Crippen molar-refractivity contribution in [3.8, 4) is 5.75 Å². The summed E-state index contributed by atoms with van der Waals surface area (Å²) in [6.07, 6.45) is 2.16. The molecule has 2 aliphatic heterocycles. The van der Waals surface area contributed by atoms with Gasteiger partial charge in [-0.3, -0.25) is 4.79 Å². The Labute approximate surface area is 182 Å². The third-order valence-electron chi connectivity index (χ3n) is 5.98. The van der Waals surface area contributed by atoms with Crippen molar-refractivity contribution in [3.63, 3.8) is 0 Å². The van der Waals surface area contributed by atoms with E-state index >= 15 is 0 Å². The molecule has 2 aromatic carbocycles. The number of rotatable bonds is 6. The summed E-state index contributed by atoms with van der Waals surface area (Å²) in [6, 6.07) is 12.0. The standard InChI is InChI=1S/C23H27FN2O4S/c1-15(2)30-18-10-8-17(9-11-18)25-23(27)19-13-16-7-12-21(19)26(14-16)31(28,29)22-6-4-3-5-20(22)24/h3-6,8-11,15-16,19,21H,7,12-14H2,1-2H3,(H,25,27)/t16-,19+,21+/m0/s1. The summed E-state index contributed by atoms with van der Waals surface area (Å²) in [6.45, 7) is 4.20. The van der Waals surface area contributed by atoms with Gasteiger partial charge in [-0.1, -0.05) is 12.1 Å². The first-order valence-corrected chi connectivity index (χ1v) is 12.0. The molecule has 2 bridgehead atoms. The van der Waals surface area contributed by atoms with Gasteiger partial charge in [-0.2, -0.15) is 4.31 Å². The zero-order valence-electron chi connectivity index (χ0n) is 17.6. The number of halogens is 1. The number of benzene rings is 2. The maximum atomic E-state index is 14.2. The van der Waals surface area contributed by atoms with E-state index in [0.29, 0.717) is 30.8 Å². The van der Waals surface area contributed by atoms with E-state index in [0.717, 1.165) is 12.5 Å². The molecule has 3 aliphatic rings. The van der Waals surface area contributed by atoms with Crippen molar-refractivity contribution in [2.45, 2.75) is 50.2 Å². The van der Waals surface area contributed by atoms with Crippen LogP contribution in [0.3, 0.4) is 0 Å².